The van der Waals surface area contributed by atoms with Crippen molar-refractivity contribution in [3.63, 3.8) is 0 Å². The molecule has 0 aliphatic rings. The number of nitrogens with one attached hydrogen (secondary N) is 1. The summed E-state index contributed by atoms with van der Waals surface area (Å²) in [6, 6.07) is 11.7. The quantitative estimate of drug-likeness (QED) is 0.885. The number of anilines is 2. The van der Waals surface area contributed by atoms with Crippen LogP contribution in [0.1, 0.15) is 10.4 Å². The van der Waals surface area contributed by atoms with Crippen LogP contribution >= 0.6 is 11.3 Å². The monoisotopic (exact) mass is 259 g/mol. The van der Waals surface area contributed by atoms with Crippen LogP contribution in [0, 0.1) is 11.3 Å². The number of hydrogen-bond acceptors (Lipinski definition) is 5. The molecular formula is C13H13N3OS. The maximum absolute atomic E-state index is 8.81. The number of hydrogen-bond donors (Lipinski definition) is 2. The summed E-state index contributed by atoms with van der Waals surface area (Å²) in [4.78, 5) is 0.548. The van der Waals surface area contributed by atoms with E-state index in [-0.39, 0.29) is 0 Å². The van der Waals surface area contributed by atoms with Gasteiger partial charge in [0.05, 0.1) is 17.8 Å². The minimum Gasteiger partial charge on any atom is -0.497 e. The molecule has 0 radical (unpaired) electrons. The molecular weight excluding hydrogens is 246 g/mol. The number of thiophene rings is 1. The molecule has 2 aromatic rings. The minimum atomic E-state index is 0.528. The van der Waals surface area contributed by atoms with Gasteiger partial charge < -0.3 is 15.8 Å². The first kappa shape index (κ1) is 12.3. The second kappa shape index (κ2) is 5.43. The third kappa shape index (κ3) is 2.73. The number of nitrogen functional groups attached to an aromatic ring is 1. The van der Waals surface area contributed by atoms with Gasteiger partial charge in [-0.3, -0.25) is 0 Å². The predicted octanol–water partition coefficient (Wildman–Crippen LogP) is 2.82. The van der Waals surface area contributed by atoms with Crippen LogP contribution in [0.15, 0.2) is 30.3 Å². The topological polar surface area (TPSA) is 71.1 Å². The van der Waals surface area contributed by atoms with Crippen molar-refractivity contribution in [3.05, 3.63) is 40.8 Å². The second-order valence-electron chi connectivity index (χ2n) is 3.71. The van der Waals surface area contributed by atoms with Crippen molar-refractivity contribution < 1.29 is 4.74 Å². The van der Waals surface area contributed by atoms with E-state index in [4.69, 9.17) is 15.7 Å². The highest BCUT2D eigenvalue weighted by atomic mass is 32.1. The van der Waals surface area contributed by atoms with Gasteiger partial charge in [0.1, 0.15) is 16.7 Å². The van der Waals surface area contributed by atoms with Crippen LogP contribution < -0.4 is 15.8 Å². The fourth-order valence-corrected chi connectivity index (χ4v) is 2.28. The van der Waals surface area contributed by atoms with Gasteiger partial charge in [-0.05, 0) is 23.8 Å². The molecule has 0 unspecified atom stereocenters. The molecule has 0 fully saturated rings. The molecule has 0 saturated carbocycles. The van der Waals surface area contributed by atoms with E-state index in [9.17, 15) is 0 Å². The largest absolute Gasteiger partial charge is 0.497 e. The lowest BCUT2D eigenvalue weighted by Gasteiger charge is -2.04. The maximum Gasteiger partial charge on any atom is 0.129 e. The molecule has 1 aromatic heterocycles. The van der Waals surface area contributed by atoms with Gasteiger partial charge in [0.2, 0.25) is 0 Å². The summed E-state index contributed by atoms with van der Waals surface area (Å²) in [7, 11) is 1.64. The molecule has 2 rings (SSSR count). The molecule has 92 valence electrons. The van der Waals surface area contributed by atoms with Crippen LogP contribution in [-0.2, 0) is 6.54 Å². The van der Waals surface area contributed by atoms with E-state index < -0.39 is 0 Å². The molecule has 1 aromatic carbocycles. The fraction of sp³-hybridized carbons (Fsp3) is 0.154. The average molecular weight is 259 g/mol. The first-order valence-corrected chi connectivity index (χ1v) is 6.21. The Bertz CT molecular complexity index is 569. The molecule has 0 spiro atoms. The molecule has 5 heteroatoms. The Morgan fingerprint density at radius 3 is 2.67 bits per heavy atom. The Balaban J connectivity index is 2.00. The molecule has 0 aliphatic carbocycles. The van der Waals surface area contributed by atoms with Crippen LogP contribution in [0.3, 0.4) is 0 Å². The van der Waals surface area contributed by atoms with Gasteiger partial charge in [-0.2, -0.15) is 5.26 Å². The first-order valence-electron chi connectivity index (χ1n) is 5.39. The summed E-state index contributed by atoms with van der Waals surface area (Å²) in [6.45, 7) is 0.689. The normalized spacial score (nSPS) is 9.78. The highest BCUT2D eigenvalue weighted by molar-refractivity contribution is 7.17. The van der Waals surface area contributed by atoms with Gasteiger partial charge in [0, 0.05) is 6.54 Å². The second-order valence-corrected chi connectivity index (χ2v) is 4.76. The van der Waals surface area contributed by atoms with E-state index in [0.717, 1.165) is 16.3 Å². The lowest BCUT2D eigenvalue weighted by molar-refractivity contribution is 0.414. The third-order valence-corrected chi connectivity index (χ3v) is 3.50. The van der Waals surface area contributed by atoms with Gasteiger partial charge in [-0.1, -0.05) is 12.1 Å². The van der Waals surface area contributed by atoms with E-state index in [1.54, 1.807) is 13.2 Å². The molecule has 0 aliphatic heterocycles. The maximum atomic E-state index is 8.81. The van der Waals surface area contributed by atoms with Crippen molar-refractivity contribution in [2.24, 2.45) is 0 Å². The molecule has 1 heterocycles. The van der Waals surface area contributed by atoms with Crippen LogP contribution in [0.25, 0.3) is 0 Å². The lowest BCUT2D eigenvalue weighted by atomic mass is 10.2. The van der Waals surface area contributed by atoms with Crippen molar-refractivity contribution in [1.29, 1.82) is 5.26 Å². The zero-order chi connectivity index (χ0) is 13.0. The summed E-state index contributed by atoms with van der Waals surface area (Å²) in [5.74, 6) is 0.839. The number of nitrogens with zero attached hydrogens (tertiary/aromatic N) is 1. The predicted molar refractivity (Wildman–Crippen MR) is 73.8 cm³/mol. The summed E-state index contributed by atoms with van der Waals surface area (Å²) in [5.41, 5.74) is 7.36. The molecule has 0 atom stereocenters. The lowest BCUT2D eigenvalue weighted by Crippen LogP contribution is -1.97. The average Bonchev–Trinajstić information content (AvgIpc) is 2.77. The number of nitrogens with two attached hydrogens (primary N) is 1. The standard InChI is InChI=1S/C13H13N3OS/c1-17-10-4-2-9(3-5-10)8-16-13-6-11(15)12(7-14)18-13/h2-6,16H,8,15H2,1H3. The Morgan fingerprint density at radius 1 is 1.39 bits per heavy atom. The van der Waals surface area contributed by atoms with Crippen LogP contribution in [-0.4, -0.2) is 7.11 Å². The smallest absolute Gasteiger partial charge is 0.129 e. The molecule has 0 amide bonds. The SMILES string of the molecule is COc1ccc(CNc2cc(N)c(C#N)s2)cc1. The number of rotatable bonds is 4. The summed E-state index contributed by atoms with van der Waals surface area (Å²) < 4.78 is 5.09. The molecule has 4 nitrogen and oxygen atoms in total. The van der Waals surface area contributed by atoms with Crippen molar-refractivity contribution >= 4 is 22.0 Å². The van der Waals surface area contributed by atoms with E-state index >= 15 is 0 Å². The van der Waals surface area contributed by atoms with Gasteiger partial charge in [0.25, 0.3) is 0 Å². The van der Waals surface area contributed by atoms with Gasteiger partial charge in [-0.15, -0.1) is 11.3 Å². The Hall–Kier alpha value is -2.19. The summed E-state index contributed by atoms with van der Waals surface area (Å²) >= 11 is 1.36. The Kier molecular flexibility index (Phi) is 3.70. The van der Waals surface area contributed by atoms with Gasteiger partial charge in [-0.25, -0.2) is 0 Å². The Labute approximate surface area is 110 Å². The highest BCUT2D eigenvalue weighted by Crippen LogP contribution is 2.28. The molecule has 0 saturated heterocycles. The first-order chi connectivity index (χ1) is 8.72. The van der Waals surface area contributed by atoms with Gasteiger partial charge >= 0.3 is 0 Å². The number of nitriles is 1. The third-order valence-electron chi connectivity index (χ3n) is 2.49. The van der Waals surface area contributed by atoms with Crippen LogP contribution in [0.2, 0.25) is 0 Å². The Morgan fingerprint density at radius 2 is 2.11 bits per heavy atom. The van der Waals surface area contributed by atoms with Crippen molar-refractivity contribution in [1.82, 2.24) is 0 Å². The van der Waals surface area contributed by atoms with E-state index in [1.165, 1.54) is 11.3 Å². The number of ether oxygens (including phenoxy) is 1. The zero-order valence-electron chi connectivity index (χ0n) is 9.93. The summed E-state index contributed by atoms with van der Waals surface area (Å²) in [5, 5.41) is 13.0. The van der Waals surface area contributed by atoms with Gasteiger partial charge in [0.15, 0.2) is 0 Å². The van der Waals surface area contributed by atoms with Crippen molar-refractivity contribution in [3.8, 4) is 11.8 Å². The minimum absolute atomic E-state index is 0.528. The van der Waals surface area contributed by atoms with E-state index in [1.807, 2.05) is 24.3 Å². The molecule has 0 bridgehead atoms. The number of methoxy groups -OCH3 is 1. The van der Waals surface area contributed by atoms with Crippen LogP contribution in [0.5, 0.6) is 5.75 Å². The zero-order valence-corrected chi connectivity index (χ0v) is 10.8. The van der Waals surface area contributed by atoms with Crippen molar-refractivity contribution in [2.45, 2.75) is 6.54 Å². The molecule has 3 N–H and O–H groups in total. The fourth-order valence-electron chi connectivity index (χ4n) is 1.51. The highest BCUT2D eigenvalue weighted by Gasteiger charge is 2.05. The van der Waals surface area contributed by atoms with Crippen LogP contribution in [0.4, 0.5) is 10.7 Å². The number of benzene rings is 1. The van der Waals surface area contributed by atoms with E-state index in [2.05, 4.69) is 11.4 Å². The summed E-state index contributed by atoms with van der Waals surface area (Å²) in [6.07, 6.45) is 0. The molecule has 18 heavy (non-hydrogen) atoms. The van der Waals surface area contributed by atoms with E-state index in [0.29, 0.717) is 17.1 Å². The van der Waals surface area contributed by atoms with Crippen molar-refractivity contribution in [2.75, 3.05) is 18.2 Å².